The molecule has 4 unspecified atom stereocenters. The van der Waals surface area contributed by atoms with Gasteiger partial charge in [-0.15, -0.1) is 13.2 Å². The zero-order chi connectivity index (χ0) is 36.1. The Hall–Kier alpha value is -4.69. The Labute approximate surface area is 298 Å². The Bertz CT molecular complexity index is 1460. The quantitative estimate of drug-likeness (QED) is 0.0579. The van der Waals surface area contributed by atoms with Crippen molar-refractivity contribution in [3.63, 3.8) is 0 Å². The van der Waals surface area contributed by atoms with Crippen molar-refractivity contribution in [1.29, 1.82) is 0 Å². The molecule has 0 aromatic heterocycles. The second kappa shape index (κ2) is 22.1. The molecule has 0 heterocycles. The second-order valence-electron chi connectivity index (χ2n) is 13.1. The fraction of sp³-hybridized carbons (Fsp3) is 0.405. The molecule has 0 aliphatic carbocycles. The van der Waals surface area contributed by atoms with E-state index in [1.807, 2.05) is 105 Å². The minimum Gasteiger partial charge on any atom is -0.489 e. The summed E-state index contributed by atoms with van der Waals surface area (Å²) in [6, 6.07) is 26.4. The second-order valence-corrected chi connectivity index (χ2v) is 13.1. The van der Waals surface area contributed by atoms with E-state index in [0.717, 1.165) is 35.3 Å². The molecule has 3 N–H and O–H groups in total. The number of allylic oxidation sites excluding steroid dienone is 2. The zero-order valence-corrected chi connectivity index (χ0v) is 29.6. The van der Waals surface area contributed by atoms with Gasteiger partial charge in [0, 0.05) is 6.42 Å². The number of unbranched alkanes of at least 4 members (excludes halogenated alkanes) is 1. The van der Waals surface area contributed by atoms with Gasteiger partial charge in [-0.2, -0.15) is 0 Å². The lowest BCUT2D eigenvalue weighted by Gasteiger charge is -2.26. The zero-order valence-electron chi connectivity index (χ0n) is 29.6. The number of hydrogen-bond donors (Lipinski definition) is 3. The third-order valence-electron chi connectivity index (χ3n) is 8.65. The topological polar surface area (TPSA) is 114 Å². The molecule has 0 fully saturated rings. The average Bonchev–Trinajstić information content (AvgIpc) is 3.12. The molecule has 0 aliphatic rings. The van der Waals surface area contributed by atoms with Crippen LogP contribution in [0.3, 0.4) is 0 Å². The molecule has 0 saturated heterocycles. The van der Waals surface area contributed by atoms with Crippen LogP contribution in [0.4, 0.5) is 0 Å². The van der Waals surface area contributed by atoms with Crippen LogP contribution < -0.4 is 15.4 Å². The van der Waals surface area contributed by atoms with Crippen LogP contribution >= 0.6 is 0 Å². The lowest BCUT2D eigenvalue weighted by Crippen LogP contribution is -2.47. The van der Waals surface area contributed by atoms with Gasteiger partial charge in [0.05, 0.1) is 30.5 Å². The molecule has 268 valence electrons. The molecule has 0 radical (unpaired) electrons. The van der Waals surface area contributed by atoms with E-state index in [1.54, 1.807) is 6.08 Å². The number of aliphatic hydroxyl groups excluding tert-OH is 1. The molecule has 8 heteroatoms. The van der Waals surface area contributed by atoms with E-state index in [4.69, 9.17) is 9.47 Å². The predicted octanol–water partition coefficient (Wildman–Crippen LogP) is 6.77. The first-order valence-electron chi connectivity index (χ1n) is 17.6. The van der Waals surface area contributed by atoms with Crippen LogP contribution in [0.15, 0.2) is 110 Å². The highest BCUT2D eigenvalue weighted by atomic mass is 16.5. The van der Waals surface area contributed by atoms with Crippen molar-refractivity contribution < 1.29 is 29.0 Å². The van der Waals surface area contributed by atoms with E-state index < -0.39 is 18.0 Å². The van der Waals surface area contributed by atoms with Crippen molar-refractivity contribution in [2.24, 2.45) is 17.8 Å². The number of aliphatic hydroxyl groups is 1. The first-order valence-corrected chi connectivity index (χ1v) is 17.6. The van der Waals surface area contributed by atoms with Gasteiger partial charge in [0.2, 0.25) is 11.8 Å². The summed E-state index contributed by atoms with van der Waals surface area (Å²) < 4.78 is 11.7. The summed E-state index contributed by atoms with van der Waals surface area (Å²) in [5.74, 6) is -1.21. The summed E-state index contributed by atoms with van der Waals surface area (Å²) >= 11 is 0. The molecule has 0 saturated carbocycles. The SMILES string of the molecule is C=CCCCC(Cc1ccccc1)C(=O)OCC(NC(=O)C(CC=C)CC(=O)NC(CO)Cc1ccc(OCc2ccccc2)cc1)C(C)C. The van der Waals surface area contributed by atoms with E-state index in [9.17, 15) is 19.5 Å². The highest BCUT2D eigenvalue weighted by Crippen LogP contribution is 2.20. The van der Waals surface area contributed by atoms with Crippen LogP contribution in [0.25, 0.3) is 0 Å². The minimum absolute atomic E-state index is 0.0211. The third-order valence-corrected chi connectivity index (χ3v) is 8.65. The molecule has 8 nitrogen and oxygen atoms in total. The Morgan fingerprint density at radius 3 is 2.04 bits per heavy atom. The summed E-state index contributed by atoms with van der Waals surface area (Å²) in [6.07, 6.45) is 7.00. The van der Waals surface area contributed by atoms with E-state index in [2.05, 4.69) is 23.8 Å². The lowest BCUT2D eigenvalue weighted by molar-refractivity contribution is -0.150. The number of carbonyl (C=O) groups excluding carboxylic acids is 3. The van der Waals surface area contributed by atoms with Gasteiger partial charge < -0.3 is 25.2 Å². The summed E-state index contributed by atoms with van der Waals surface area (Å²) in [4.78, 5) is 39.8. The van der Waals surface area contributed by atoms with Crippen LogP contribution in [-0.4, -0.2) is 48.2 Å². The number of rotatable bonds is 23. The summed E-state index contributed by atoms with van der Waals surface area (Å²) in [5, 5.41) is 15.9. The fourth-order valence-electron chi connectivity index (χ4n) is 5.60. The average molecular weight is 683 g/mol. The Morgan fingerprint density at radius 1 is 0.800 bits per heavy atom. The third kappa shape index (κ3) is 14.4. The maximum absolute atomic E-state index is 13.4. The molecule has 2 amide bonds. The molecule has 3 rings (SSSR count). The largest absolute Gasteiger partial charge is 0.489 e. The van der Waals surface area contributed by atoms with Crippen LogP contribution in [0.5, 0.6) is 5.75 Å². The van der Waals surface area contributed by atoms with Crippen molar-refractivity contribution >= 4 is 17.8 Å². The number of nitrogens with one attached hydrogen (secondary N) is 2. The molecule has 0 aliphatic heterocycles. The van der Waals surface area contributed by atoms with Gasteiger partial charge in [-0.3, -0.25) is 14.4 Å². The highest BCUT2D eigenvalue weighted by Gasteiger charge is 2.28. The predicted molar refractivity (Wildman–Crippen MR) is 198 cm³/mol. The Morgan fingerprint density at radius 2 is 1.44 bits per heavy atom. The Kier molecular flexibility index (Phi) is 17.6. The lowest BCUT2D eigenvalue weighted by atomic mass is 9.94. The molecule has 3 aromatic rings. The highest BCUT2D eigenvalue weighted by molar-refractivity contribution is 5.86. The maximum Gasteiger partial charge on any atom is 0.309 e. The summed E-state index contributed by atoms with van der Waals surface area (Å²) in [5.41, 5.74) is 3.07. The van der Waals surface area contributed by atoms with Crippen molar-refractivity contribution in [2.75, 3.05) is 13.2 Å². The summed E-state index contributed by atoms with van der Waals surface area (Å²) in [6.45, 7) is 11.7. The van der Waals surface area contributed by atoms with Gasteiger partial charge >= 0.3 is 5.97 Å². The van der Waals surface area contributed by atoms with Gasteiger partial charge in [0.15, 0.2) is 0 Å². The van der Waals surface area contributed by atoms with Crippen molar-refractivity contribution in [2.45, 2.75) is 77.5 Å². The monoisotopic (exact) mass is 682 g/mol. The molecule has 4 atom stereocenters. The normalized spacial score (nSPS) is 13.4. The van der Waals surface area contributed by atoms with Crippen molar-refractivity contribution in [3.8, 4) is 5.75 Å². The fourth-order valence-corrected chi connectivity index (χ4v) is 5.60. The molecule has 50 heavy (non-hydrogen) atoms. The van der Waals surface area contributed by atoms with E-state index >= 15 is 0 Å². The number of hydrogen-bond acceptors (Lipinski definition) is 6. The molecule has 0 bridgehead atoms. The number of esters is 1. The first-order chi connectivity index (χ1) is 24.2. The molecular formula is C42H54N2O6. The molecular weight excluding hydrogens is 628 g/mol. The molecule has 0 spiro atoms. The minimum atomic E-state index is -0.672. The van der Waals surface area contributed by atoms with Gasteiger partial charge in [-0.05, 0) is 73.3 Å². The van der Waals surface area contributed by atoms with Gasteiger partial charge in [-0.25, -0.2) is 0 Å². The Balaban J connectivity index is 1.52. The van der Waals surface area contributed by atoms with Crippen LogP contribution in [0.2, 0.25) is 0 Å². The molecule has 3 aromatic carbocycles. The van der Waals surface area contributed by atoms with E-state index in [1.165, 1.54) is 0 Å². The van der Waals surface area contributed by atoms with E-state index in [-0.39, 0.29) is 49.3 Å². The van der Waals surface area contributed by atoms with Gasteiger partial charge in [0.1, 0.15) is 19.0 Å². The van der Waals surface area contributed by atoms with Crippen molar-refractivity contribution in [3.05, 3.63) is 127 Å². The number of carbonyl (C=O) groups is 3. The summed E-state index contributed by atoms with van der Waals surface area (Å²) in [7, 11) is 0. The van der Waals surface area contributed by atoms with Crippen molar-refractivity contribution in [1.82, 2.24) is 10.6 Å². The number of ether oxygens (including phenoxy) is 2. The van der Waals surface area contributed by atoms with Gasteiger partial charge in [-0.1, -0.05) is 98.8 Å². The smallest absolute Gasteiger partial charge is 0.309 e. The van der Waals surface area contributed by atoms with Gasteiger partial charge in [0.25, 0.3) is 0 Å². The van der Waals surface area contributed by atoms with Crippen LogP contribution in [0, 0.1) is 17.8 Å². The maximum atomic E-state index is 13.4. The standard InChI is InChI=1S/C42H54N2O6/c1-5-7-10-20-36(25-32-16-11-8-12-17-32)42(48)50-30-39(31(3)4)44-41(47)35(15-6-2)27-40(46)43-37(28-45)26-33-21-23-38(24-22-33)49-29-34-18-13-9-14-19-34/h5-6,8-9,11-14,16-19,21-24,31,35-37,39,45H,1-2,7,10,15,20,25-30H2,3-4H3,(H,43,46)(H,44,47). The number of benzene rings is 3. The van der Waals surface area contributed by atoms with Crippen LogP contribution in [0.1, 0.15) is 62.6 Å². The first kappa shape index (κ1) is 39.7. The van der Waals surface area contributed by atoms with Crippen LogP contribution in [-0.2, 0) is 38.6 Å². The number of amides is 2. The van der Waals surface area contributed by atoms with E-state index in [0.29, 0.717) is 32.3 Å².